The lowest BCUT2D eigenvalue weighted by Gasteiger charge is -2.44. The molecule has 0 aromatic heterocycles. The Kier molecular flexibility index (Phi) is 6.07. The summed E-state index contributed by atoms with van der Waals surface area (Å²) in [6.07, 6.45) is -12.0. The van der Waals surface area contributed by atoms with E-state index in [0.29, 0.717) is 0 Å². The summed E-state index contributed by atoms with van der Waals surface area (Å²) in [5.41, 5.74) is 0. The highest BCUT2D eigenvalue weighted by Crippen LogP contribution is 2.27. The summed E-state index contributed by atoms with van der Waals surface area (Å²) in [4.78, 5) is 0. The Balaban J connectivity index is 2.06. The van der Waals surface area contributed by atoms with Gasteiger partial charge in [-0.3, -0.25) is 0 Å². The third-order valence-corrected chi connectivity index (χ3v) is 3.80. The number of methoxy groups -OCH3 is 1. The molecular weight excluding hydrogens is 304 g/mol. The van der Waals surface area contributed by atoms with E-state index in [1.807, 2.05) is 0 Å². The fraction of sp³-hybridized carbons (Fsp3) is 1.00. The van der Waals surface area contributed by atoms with E-state index in [4.69, 9.17) is 24.1 Å². The van der Waals surface area contributed by atoms with E-state index in [1.54, 1.807) is 0 Å². The third kappa shape index (κ3) is 3.41. The van der Waals surface area contributed by atoms with Crippen LogP contribution in [0.4, 0.5) is 0 Å². The second-order valence-electron chi connectivity index (χ2n) is 5.29. The van der Waals surface area contributed by atoms with E-state index in [2.05, 4.69) is 0 Å². The second-order valence-corrected chi connectivity index (χ2v) is 5.29. The summed E-state index contributed by atoms with van der Waals surface area (Å²) >= 11 is 0. The highest BCUT2D eigenvalue weighted by atomic mass is 16.7. The van der Waals surface area contributed by atoms with E-state index < -0.39 is 61.9 Å². The summed E-state index contributed by atoms with van der Waals surface area (Å²) in [7, 11) is 1.27. The summed E-state index contributed by atoms with van der Waals surface area (Å²) in [6, 6.07) is 0. The number of hydrogen-bond acceptors (Lipinski definition) is 10. The molecule has 0 aromatic carbocycles. The van der Waals surface area contributed by atoms with Crippen LogP contribution in [0.5, 0.6) is 0 Å². The van der Waals surface area contributed by atoms with Crippen LogP contribution in [0, 0.1) is 0 Å². The lowest BCUT2D eigenvalue weighted by atomic mass is 9.98. The van der Waals surface area contributed by atoms with Gasteiger partial charge < -0.3 is 49.6 Å². The molecule has 0 amide bonds. The van der Waals surface area contributed by atoms with Gasteiger partial charge in [-0.25, -0.2) is 0 Å². The Morgan fingerprint density at radius 1 is 0.955 bits per heavy atom. The molecule has 22 heavy (non-hydrogen) atoms. The second kappa shape index (κ2) is 7.45. The molecule has 2 aliphatic heterocycles. The number of hydrogen-bond donors (Lipinski definition) is 6. The third-order valence-electron chi connectivity index (χ3n) is 3.80. The van der Waals surface area contributed by atoms with Crippen molar-refractivity contribution in [2.45, 2.75) is 55.3 Å². The Morgan fingerprint density at radius 3 is 2.23 bits per heavy atom. The van der Waals surface area contributed by atoms with Crippen molar-refractivity contribution < 1.29 is 49.6 Å². The van der Waals surface area contributed by atoms with Crippen LogP contribution in [0.3, 0.4) is 0 Å². The molecule has 6 N–H and O–H groups in total. The van der Waals surface area contributed by atoms with Crippen molar-refractivity contribution >= 4 is 0 Å². The van der Waals surface area contributed by atoms with E-state index in [0.717, 1.165) is 0 Å². The van der Waals surface area contributed by atoms with Gasteiger partial charge in [-0.15, -0.1) is 0 Å². The van der Waals surface area contributed by atoms with Crippen molar-refractivity contribution in [1.29, 1.82) is 0 Å². The minimum absolute atomic E-state index is 0.272. The van der Waals surface area contributed by atoms with Crippen molar-refractivity contribution in [3.8, 4) is 0 Å². The molecule has 0 unspecified atom stereocenters. The monoisotopic (exact) mass is 326 g/mol. The number of rotatable bonds is 4. The zero-order valence-corrected chi connectivity index (χ0v) is 11.9. The van der Waals surface area contributed by atoms with Crippen LogP contribution in [0.1, 0.15) is 0 Å². The largest absolute Gasteiger partial charge is 0.394 e. The fourth-order valence-electron chi connectivity index (χ4n) is 2.44. The molecule has 2 saturated heterocycles. The lowest BCUT2D eigenvalue weighted by Crippen LogP contribution is -2.63. The Morgan fingerprint density at radius 2 is 1.64 bits per heavy atom. The van der Waals surface area contributed by atoms with Crippen LogP contribution >= 0.6 is 0 Å². The highest BCUT2D eigenvalue weighted by molar-refractivity contribution is 4.91. The zero-order valence-electron chi connectivity index (χ0n) is 11.9. The molecule has 10 nitrogen and oxygen atoms in total. The molecule has 0 bridgehead atoms. The molecule has 2 aliphatic rings. The minimum Gasteiger partial charge on any atom is -0.394 e. The van der Waals surface area contributed by atoms with Crippen molar-refractivity contribution in [3.05, 3.63) is 0 Å². The first-order valence-corrected chi connectivity index (χ1v) is 6.87. The smallest absolute Gasteiger partial charge is 0.186 e. The van der Waals surface area contributed by atoms with Gasteiger partial charge in [0.25, 0.3) is 0 Å². The molecule has 0 radical (unpaired) electrons. The van der Waals surface area contributed by atoms with Gasteiger partial charge in [0, 0.05) is 7.11 Å². The van der Waals surface area contributed by atoms with Crippen LogP contribution < -0.4 is 0 Å². The summed E-state index contributed by atoms with van der Waals surface area (Å²) in [5.74, 6) is 0. The molecule has 130 valence electrons. The maximum absolute atomic E-state index is 10.1. The maximum Gasteiger partial charge on any atom is 0.186 e. The number of aliphatic hydroxyl groups is 6. The van der Waals surface area contributed by atoms with Crippen LogP contribution in [-0.4, -0.2) is 106 Å². The highest BCUT2D eigenvalue weighted by Gasteiger charge is 2.48. The maximum atomic E-state index is 10.1. The lowest BCUT2D eigenvalue weighted by molar-refractivity contribution is -0.353. The standard InChI is InChI=1S/C12H22O10/c1-19-12-10(8(17)7(16)5(2-13)21-12)22-11-9(18)6(15)4(14)3-20-11/h4-18H,2-3H2,1H3/t4-,5-,6+,7-,8+,9+,10+,11-,12+/m1/s1. The summed E-state index contributed by atoms with van der Waals surface area (Å²) in [5, 5.41) is 57.8. The van der Waals surface area contributed by atoms with E-state index in [1.165, 1.54) is 7.11 Å². The SMILES string of the molecule is CO[C@H]1O[C@H](CO)[C@@H](O)[C@H](O)[C@@H]1O[C@H]1OC[C@@H](O)[C@H](O)[C@@H]1O. The Bertz CT molecular complexity index is 353. The first-order chi connectivity index (χ1) is 10.4. The van der Waals surface area contributed by atoms with Crippen molar-refractivity contribution in [1.82, 2.24) is 0 Å². The van der Waals surface area contributed by atoms with Crippen LogP contribution in [0.2, 0.25) is 0 Å². The normalized spacial score (nSPS) is 50.0. The molecule has 0 aliphatic carbocycles. The molecule has 2 heterocycles. The molecule has 0 spiro atoms. The molecule has 2 fully saturated rings. The van der Waals surface area contributed by atoms with Gasteiger partial charge in [-0.2, -0.15) is 0 Å². The molecule has 2 rings (SSSR count). The topological polar surface area (TPSA) is 158 Å². The number of ether oxygens (including phenoxy) is 4. The van der Waals surface area contributed by atoms with Gasteiger partial charge in [-0.05, 0) is 0 Å². The van der Waals surface area contributed by atoms with E-state index >= 15 is 0 Å². The van der Waals surface area contributed by atoms with E-state index in [9.17, 15) is 25.5 Å². The molecule has 0 aromatic rings. The van der Waals surface area contributed by atoms with Gasteiger partial charge in [-0.1, -0.05) is 0 Å². The molecule has 0 saturated carbocycles. The van der Waals surface area contributed by atoms with E-state index in [-0.39, 0.29) is 6.61 Å². The van der Waals surface area contributed by atoms with Gasteiger partial charge in [0.15, 0.2) is 12.6 Å². The minimum atomic E-state index is -1.55. The Hall–Kier alpha value is -0.400. The van der Waals surface area contributed by atoms with Gasteiger partial charge in [0.1, 0.15) is 42.7 Å². The van der Waals surface area contributed by atoms with Gasteiger partial charge in [0.2, 0.25) is 0 Å². The van der Waals surface area contributed by atoms with Crippen LogP contribution in [0.15, 0.2) is 0 Å². The number of aliphatic hydroxyl groups excluding tert-OH is 6. The molecular formula is C12H22O10. The summed E-state index contributed by atoms with van der Waals surface area (Å²) in [6.45, 7) is -0.801. The first-order valence-electron chi connectivity index (χ1n) is 6.87. The van der Waals surface area contributed by atoms with Gasteiger partial charge in [0.05, 0.1) is 13.2 Å². The van der Waals surface area contributed by atoms with Crippen molar-refractivity contribution in [2.24, 2.45) is 0 Å². The van der Waals surface area contributed by atoms with Crippen molar-refractivity contribution in [3.63, 3.8) is 0 Å². The van der Waals surface area contributed by atoms with Gasteiger partial charge >= 0.3 is 0 Å². The predicted octanol–water partition coefficient (Wildman–Crippen LogP) is -4.10. The zero-order chi connectivity index (χ0) is 16.4. The fourth-order valence-corrected chi connectivity index (χ4v) is 2.44. The average Bonchev–Trinajstić information content (AvgIpc) is 2.52. The quantitative estimate of drug-likeness (QED) is 0.300. The molecule has 10 heteroatoms. The van der Waals surface area contributed by atoms with Crippen LogP contribution in [0.25, 0.3) is 0 Å². The predicted molar refractivity (Wildman–Crippen MR) is 67.4 cm³/mol. The average molecular weight is 326 g/mol. The van der Waals surface area contributed by atoms with Crippen molar-refractivity contribution in [2.75, 3.05) is 20.3 Å². The molecule has 9 atom stereocenters. The first kappa shape index (κ1) is 17.9. The van der Waals surface area contributed by atoms with Crippen LogP contribution in [-0.2, 0) is 18.9 Å². The summed E-state index contributed by atoms with van der Waals surface area (Å²) < 4.78 is 20.7. The Labute approximate surface area is 126 Å².